The van der Waals surface area contributed by atoms with Gasteiger partial charge in [0.25, 0.3) is 0 Å². The van der Waals surface area contributed by atoms with Gasteiger partial charge < -0.3 is 4.90 Å². The molecule has 0 aromatic rings. The van der Waals surface area contributed by atoms with E-state index in [4.69, 9.17) is 0 Å². The van der Waals surface area contributed by atoms with E-state index in [-0.39, 0.29) is 5.91 Å². The molecule has 0 radical (unpaired) electrons. The van der Waals surface area contributed by atoms with Crippen LogP contribution in [0.1, 0.15) is 40.0 Å². The zero-order chi connectivity index (χ0) is 10.8. The van der Waals surface area contributed by atoms with Crippen molar-refractivity contribution in [2.45, 2.75) is 44.4 Å². The lowest BCUT2D eigenvalue weighted by Gasteiger charge is -2.34. The normalized spacial score (nSPS) is 19.9. The molecule has 1 saturated heterocycles. The van der Waals surface area contributed by atoms with E-state index >= 15 is 0 Å². The minimum Gasteiger partial charge on any atom is -0.341 e. The molecule has 1 aliphatic heterocycles. The topological polar surface area (TPSA) is 20.3 Å². The largest absolute Gasteiger partial charge is 0.341 e. The van der Waals surface area contributed by atoms with Crippen LogP contribution in [-0.4, -0.2) is 28.2 Å². The van der Waals surface area contributed by atoms with E-state index in [0.29, 0.717) is 0 Å². The summed E-state index contributed by atoms with van der Waals surface area (Å²) in [6.07, 6.45) is 3.59. The van der Waals surface area contributed by atoms with Gasteiger partial charge in [0.1, 0.15) is 0 Å². The molecule has 0 spiro atoms. The molecule has 0 bridgehead atoms. The number of rotatable bonds is 2. The molecule has 0 aromatic heterocycles. The van der Waals surface area contributed by atoms with E-state index in [1.807, 2.05) is 18.7 Å². The molecule has 3 heteroatoms. The Bertz CT molecular complexity index is 202. The van der Waals surface area contributed by atoms with E-state index < -0.39 is 4.32 Å². The standard InChI is InChI=1S/C11H20BrNO/c1-4-9-5-7-13(8-6-9)10(14)11(2,3)12/h9H,4-8H2,1-3H3. The summed E-state index contributed by atoms with van der Waals surface area (Å²) in [4.78, 5) is 13.9. The monoisotopic (exact) mass is 261 g/mol. The number of likely N-dealkylation sites (tertiary alicyclic amines) is 1. The molecule has 14 heavy (non-hydrogen) atoms. The third-order valence-corrected chi connectivity index (χ3v) is 3.33. The Morgan fingerprint density at radius 1 is 1.43 bits per heavy atom. The molecule has 1 amide bonds. The second-order valence-corrected chi connectivity index (χ2v) is 6.60. The van der Waals surface area contributed by atoms with E-state index in [2.05, 4.69) is 22.9 Å². The van der Waals surface area contributed by atoms with Gasteiger partial charge in [-0.2, -0.15) is 0 Å². The number of nitrogens with zero attached hydrogens (tertiary/aromatic N) is 1. The lowest BCUT2D eigenvalue weighted by atomic mass is 9.94. The summed E-state index contributed by atoms with van der Waals surface area (Å²) in [6.45, 7) is 7.94. The highest BCUT2D eigenvalue weighted by molar-refractivity contribution is 9.10. The van der Waals surface area contributed by atoms with Crippen molar-refractivity contribution in [1.82, 2.24) is 4.90 Å². The fraction of sp³-hybridized carbons (Fsp3) is 0.909. The Balaban J connectivity index is 2.46. The van der Waals surface area contributed by atoms with Crippen LogP contribution in [0.4, 0.5) is 0 Å². The third kappa shape index (κ3) is 2.97. The van der Waals surface area contributed by atoms with Crippen molar-refractivity contribution in [3.63, 3.8) is 0 Å². The van der Waals surface area contributed by atoms with E-state index in [1.165, 1.54) is 19.3 Å². The van der Waals surface area contributed by atoms with Crippen molar-refractivity contribution in [3.05, 3.63) is 0 Å². The molecule has 1 heterocycles. The van der Waals surface area contributed by atoms with E-state index in [9.17, 15) is 4.79 Å². The van der Waals surface area contributed by atoms with Crippen LogP contribution < -0.4 is 0 Å². The highest BCUT2D eigenvalue weighted by atomic mass is 79.9. The van der Waals surface area contributed by atoms with Crippen molar-refractivity contribution in [3.8, 4) is 0 Å². The first-order chi connectivity index (χ1) is 6.45. The van der Waals surface area contributed by atoms with Crippen molar-refractivity contribution < 1.29 is 4.79 Å². The molecule has 0 atom stereocenters. The molecule has 1 fully saturated rings. The van der Waals surface area contributed by atoms with Crippen LogP contribution >= 0.6 is 15.9 Å². The summed E-state index contributed by atoms with van der Waals surface area (Å²) in [7, 11) is 0. The molecule has 0 N–H and O–H groups in total. The number of piperidine rings is 1. The summed E-state index contributed by atoms with van der Waals surface area (Å²) < 4.78 is -0.397. The fourth-order valence-corrected chi connectivity index (χ4v) is 2.17. The number of halogens is 1. The summed E-state index contributed by atoms with van der Waals surface area (Å²) >= 11 is 3.42. The lowest BCUT2D eigenvalue weighted by molar-refractivity contribution is -0.134. The number of hydrogen-bond donors (Lipinski definition) is 0. The molecule has 1 aliphatic rings. The van der Waals surface area contributed by atoms with Gasteiger partial charge in [0, 0.05) is 13.1 Å². The summed E-state index contributed by atoms with van der Waals surface area (Å²) in [5.41, 5.74) is 0. The van der Waals surface area contributed by atoms with Gasteiger partial charge in [-0.3, -0.25) is 4.79 Å². The summed E-state index contributed by atoms with van der Waals surface area (Å²) in [6, 6.07) is 0. The van der Waals surface area contributed by atoms with Crippen molar-refractivity contribution in [2.24, 2.45) is 5.92 Å². The summed E-state index contributed by atoms with van der Waals surface area (Å²) in [5, 5.41) is 0. The minimum absolute atomic E-state index is 0.229. The maximum atomic E-state index is 11.9. The van der Waals surface area contributed by atoms with Gasteiger partial charge in [0.2, 0.25) is 5.91 Å². The maximum absolute atomic E-state index is 11.9. The van der Waals surface area contributed by atoms with Gasteiger partial charge in [-0.15, -0.1) is 0 Å². The Labute approximate surface area is 95.2 Å². The molecular formula is C11H20BrNO. The highest BCUT2D eigenvalue weighted by Gasteiger charge is 2.31. The molecule has 0 aromatic carbocycles. The fourth-order valence-electron chi connectivity index (χ4n) is 1.92. The Hall–Kier alpha value is -0.0500. The van der Waals surface area contributed by atoms with Crippen LogP contribution in [0.15, 0.2) is 0 Å². The van der Waals surface area contributed by atoms with Gasteiger partial charge in [0.05, 0.1) is 4.32 Å². The van der Waals surface area contributed by atoms with Crippen LogP contribution in [0, 0.1) is 5.92 Å². The molecule has 1 rings (SSSR count). The molecule has 0 saturated carbocycles. The second-order valence-electron chi connectivity index (χ2n) is 4.62. The predicted molar refractivity (Wildman–Crippen MR) is 62.6 cm³/mol. The smallest absolute Gasteiger partial charge is 0.238 e. The molecule has 82 valence electrons. The Morgan fingerprint density at radius 2 is 1.93 bits per heavy atom. The van der Waals surface area contributed by atoms with Gasteiger partial charge >= 0.3 is 0 Å². The van der Waals surface area contributed by atoms with E-state index in [1.54, 1.807) is 0 Å². The average Bonchev–Trinajstić information content (AvgIpc) is 2.15. The number of carbonyl (C=O) groups excluding carboxylic acids is 1. The van der Waals surface area contributed by atoms with Gasteiger partial charge in [-0.05, 0) is 32.6 Å². The first-order valence-electron chi connectivity index (χ1n) is 5.43. The van der Waals surface area contributed by atoms with Crippen molar-refractivity contribution in [1.29, 1.82) is 0 Å². The molecular weight excluding hydrogens is 242 g/mol. The first kappa shape index (κ1) is 12.0. The van der Waals surface area contributed by atoms with Crippen molar-refractivity contribution in [2.75, 3.05) is 13.1 Å². The maximum Gasteiger partial charge on any atom is 0.238 e. The number of alkyl halides is 1. The predicted octanol–water partition coefficient (Wildman–Crippen LogP) is 2.81. The van der Waals surface area contributed by atoms with E-state index in [0.717, 1.165) is 19.0 Å². The number of hydrogen-bond acceptors (Lipinski definition) is 1. The van der Waals surface area contributed by atoms with Crippen LogP contribution in [-0.2, 0) is 4.79 Å². The zero-order valence-electron chi connectivity index (χ0n) is 9.35. The van der Waals surface area contributed by atoms with Gasteiger partial charge in [-0.1, -0.05) is 29.3 Å². The van der Waals surface area contributed by atoms with Crippen molar-refractivity contribution >= 4 is 21.8 Å². The first-order valence-corrected chi connectivity index (χ1v) is 6.22. The van der Waals surface area contributed by atoms with Crippen LogP contribution in [0.5, 0.6) is 0 Å². The quantitative estimate of drug-likeness (QED) is 0.701. The Kier molecular flexibility index (Phi) is 3.99. The van der Waals surface area contributed by atoms with Gasteiger partial charge in [-0.25, -0.2) is 0 Å². The zero-order valence-corrected chi connectivity index (χ0v) is 10.9. The Morgan fingerprint density at radius 3 is 2.29 bits per heavy atom. The summed E-state index contributed by atoms with van der Waals surface area (Å²) in [5.74, 6) is 1.06. The lowest BCUT2D eigenvalue weighted by Crippen LogP contribution is -2.45. The van der Waals surface area contributed by atoms with Crippen LogP contribution in [0.3, 0.4) is 0 Å². The third-order valence-electron chi connectivity index (χ3n) is 2.99. The molecule has 0 aliphatic carbocycles. The SMILES string of the molecule is CCC1CCN(C(=O)C(C)(C)Br)CC1. The van der Waals surface area contributed by atoms with Gasteiger partial charge in [0.15, 0.2) is 0 Å². The van der Waals surface area contributed by atoms with Crippen LogP contribution in [0.2, 0.25) is 0 Å². The number of amides is 1. The minimum atomic E-state index is -0.397. The average molecular weight is 262 g/mol. The second kappa shape index (κ2) is 4.65. The molecule has 2 nitrogen and oxygen atoms in total. The highest BCUT2D eigenvalue weighted by Crippen LogP contribution is 2.25. The van der Waals surface area contributed by atoms with Crippen LogP contribution in [0.25, 0.3) is 0 Å². The number of carbonyl (C=O) groups is 1. The molecule has 0 unspecified atom stereocenters.